The zero-order valence-corrected chi connectivity index (χ0v) is 9.42. The SMILES string of the molecule is CCC(C#N)NCCOCCN(C)C. The Morgan fingerprint density at radius 1 is 1.43 bits per heavy atom. The van der Waals surface area contributed by atoms with E-state index in [-0.39, 0.29) is 6.04 Å². The summed E-state index contributed by atoms with van der Waals surface area (Å²) in [7, 11) is 4.04. The summed E-state index contributed by atoms with van der Waals surface area (Å²) < 4.78 is 5.37. The Morgan fingerprint density at radius 2 is 2.14 bits per heavy atom. The van der Waals surface area contributed by atoms with Crippen molar-refractivity contribution in [2.75, 3.05) is 40.4 Å². The molecule has 0 aliphatic rings. The van der Waals surface area contributed by atoms with Gasteiger partial charge in [0.05, 0.1) is 25.3 Å². The molecule has 0 spiro atoms. The summed E-state index contributed by atoms with van der Waals surface area (Å²) in [5.74, 6) is 0. The summed E-state index contributed by atoms with van der Waals surface area (Å²) >= 11 is 0. The zero-order valence-electron chi connectivity index (χ0n) is 9.42. The van der Waals surface area contributed by atoms with Gasteiger partial charge in [-0.3, -0.25) is 5.32 Å². The van der Waals surface area contributed by atoms with Crippen LogP contribution in [-0.2, 0) is 4.74 Å². The van der Waals surface area contributed by atoms with Crippen LogP contribution < -0.4 is 5.32 Å². The van der Waals surface area contributed by atoms with Crippen molar-refractivity contribution in [1.82, 2.24) is 10.2 Å². The molecular formula is C10H21N3O. The molecule has 0 amide bonds. The highest BCUT2D eigenvalue weighted by molar-refractivity contribution is 4.87. The fourth-order valence-corrected chi connectivity index (χ4v) is 0.936. The summed E-state index contributed by atoms with van der Waals surface area (Å²) in [6.45, 7) is 5.10. The average Bonchev–Trinajstić information content (AvgIpc) is 2.16. The number of likely N-dealkylation sites (N-methyl/N-ethyl adjacent to an activating group) is 1. The Morgan fingerprint density at radius 3 is 2.64 bits per heavy atom. The van der Waals surface area contributed by atoms with Crippen molar-refractivity contribution in [3.8, 4) is 6.07 Å². The molecule has 0 rings (SSSR count). The highest BCUT2D eigenvalue weighted by atomic mass is 16.5. The largest absolute Gasteiger partial charge is 0.379 e. The molecule has 4 heteroatoms. The first-order valence-corrected chi connectivity index (χ1v) is 5.06. The molecule has 0 fully saturated rings. The Bertz CT molecular complexity index is 165. The van der Waals surface area contributed by atoms with Crippen molar-refractivity contribution in [2.24, 2.45) is 0 Å². The molecule has 0 aromatic rings. The smallest absolute Gasteiger partial charge is 0.0951 e. The Kier molecular flexibility index (Phi) is 8.54. The molecule has 1 N–H and O–H groups in total. The van der Waals surface area contributed by atoms with Gasteiger partial charge in [0.25, 0.3) is 0 Å². The van der Waals surface area contributed by atoms with Crippen LogP contribution in [-0.4, -0.2) is 51.3 Å². The van der Waals surface area contributed by atoms with Crippen LogP contribution in [0.25, 0.3) is 0 Å². The van der Waals surface area contributed by atoms with Gasteiger partial charge in [-0.1, -0.05) is 6.92 Å². The van der Waals surface area contributed by atoms with Crippen molar-refractivity contribution in [1.29, 1.82) is 5.26 Å². The fraction of sp³-hybridized carbons (Fsp3) is 0.900. The van der Waals surface area contributed by atoms with Crippen LogP contribution >= 0.6 is 0 Å². The first-order valence-electron chi connectivity index (χ1n) is 5.06. The second-order valence-electron chi connectivity index (χ2n) is 3.46. The average molecular weight is 199 g/mol. The van der Waals surface area contributed by atoms with Gasteiger partial charge in [-0.15, -0.1) is 0 Å². The minimum absolute atomic E-state index is 0.0348. The summed E-state index contributed by atoms with van der Waals surface area (Å²) in [5.41, 5.74) is 0. The van der Waals surface area contributed by atoms with Crippen molar-refractivity contribution in [3.63, 3.8) is 0 Å². The predicted octanol–water partition coefficient (Wildman–Crippen LogP) is 0.456. The molecule has 1 unspecified atom stereocenters. The summed E-state index contributed by atoms with van der Waals surface area (Å²) in [6.07, 6.45) is 0.841. The second kappa shape index (κ2) is 8.95. The number of nitrogens with one attached hydrogen (secondary N) is 1. The molecule has 0 aromatic heterocycles. The van der Waals surface area contributed by atoms with Gasteiger partial charge in [-0.05, 0) is 20.5 Å². The number of hydrogen-bond donors (Lipinski definition) is 1. The number of nitrogens with zero attached hydrogens (tertiary/aromatic N) is 2. The summed E-state index contributed by atoms with van der Waals surface area (Å²) in [5, 5.41) is 11.7. The van der Waals surface area contributed by atoms with E-state index in [1.54, 1.807) is 0 Å². The standard InChI is InChI=1S/C10H21N3O/c1-4-10(9-11)12-5-7-14-8-6-13(2)3/h10,12H,4-8H2,1-3H3. The minimum Gasteiger partial charge on any atom is -0.379 e. The van der Waals surface area contributed by atoms with E-state index in [4.69, 9.17) is 10.00 Å². The van der Waals surface area contributed by atoms with E-state index in [1.807, 2.05) is 21.0 Å². The number of rotatable bonds is 8. The van der Waals surface area contributed by atoms with Crippen LogP contribution in [0.5, 0.6) is 0 Å². The summed E-state index contributed by atoms with van der Waals surface area (Å²) in [4.78, 5) is 2.08. The quantitative estimate of drug-likeness (QED) is 0.577. The van der Waals surface area contributed by atoms with Crippen LogP contribution in [0.15, 0.2) is 0 Å². The fourth-order valence-electron chi connectivity index (χ4n) is 0.936. The minimum atomic E-state index is -0.0348. The van der Waals surface area contributed by atoms with Gasteiger partial charge in [-0.25, -0.2) is 0 Å². The highest BCUT2D eigenvalue weighted by Crippen LogP contribution is 1.86. The van der Waals surface area contributed by atoms with Crippen molar-refractivity contribution >= 4 is 0 Å². The molecular weight excluding hydrogens is 178 g/mol. The highest BCUT2D eigenvalue weighted by Gasteiger charge is 2.01. The van der Waals surface area contributed by atoms with Crippen molar-refractivity contribution in [2.45, 2.75) is 19.4 Å². The van der Waals surface area contributed by atoms with Crippen molar-refractivity contribution in [3.05, 3.63) is 0 Å². The van der Waals surface area contributed by atoms with E-state index in [1.165, 1.54) is 0 Å². The molecule has 0 aliphatic heterocycles. The molecule has 14 heavy (non-hydrogen) atoms. The lowest BCUT2D eigenvalue weighted by Crippen LogP contribution is -2.30. The van der Waals surface area contributed by atoms with E-state index in [0.29, 0.717) is 6.61 Å². The maximum Gasteiger partial charge on any atom is 0.0951 e. The van der Waals surface area contributed by atoms with Gasteiger partial charge in [0.2, 0.25) is 0 Å². The van der Waals surface area contributed by atoms with E-state index in [0.717, 1.165) is 26.1 Å². The molecule has 4 nitrogen and oxygen atoms in total. The molecule has 0 heterocycles. The first-order chi connectivity index (χ1) is 6.70. The molecule has 0 radical (unpaired) electrons. The van der Waals surface area contributed by atoms with Gasteiger partial charge >= 0.3 is 0 Å². The van der Waals surface area contributed by atoms with Gasteiger partial charge < -0.3 is 9.64 Å². The predicted molar refractivity (Wildman–Crippen MR) is 57.1 cm³/mol. The molecule has 0 aliphatic carbocycles. The van der Waals surface area contributed by atoms with Crippen LogP contribution in [0.1, 0.15) is 13.3 Å². The lowest BCUT2D eigenvalue weighted by molar-refractivity contribution is 0.118. The Balaban J connectivity index is 3.17. The molecule has 82 valence electrons. The van der Waals surface area contributed by atoms with E-state index < -0.39 is 0 Å². The third-order valence-corrected chi connectivity index (χ3v) is 1.88. The van der Waals surface area contributed by atoms with Crippen molar-refractivity contribution < 1.29 is 4.74 Å². The normalized spacial score (nSPS) is 12.8. The van der Waals surface area contributed by atoms with Crippen LogP contribution in [0.3, 0.4) is 0 Å². The first kappa shape index (κ1) is 13.4. The molecule has 0 aromatic carbocycles. The molecule has 0 bridgehead atoms. The Hall–Kier alpha value is -0.630. The molecule has 0 saturated heterocycles. The summed E-state index contributed by atoms with van der Waals surface area (Å²) in [6, 6.07) is 2.15. The van der Waals surface area contributed by atoms with Crippen LogP contribution in [0.2, 0.25) is 0 Å². The van der Waals surface area contributed by atoms with E-state index in [2.05, 4.69) is 16.3 Å². The van der Waals surface area contributed by atoms with Gasteiger partial charge in [0.1, 0.15) is 0 Å². The van der Waals surface area contributed by atoms with Gasteiger partial charge in [0.15, 0.2) is 0 Å². The lowest BCUT2D eigenvalue weighted by atomic mass is 10.2. The van der Waals surface area contributed by atoms with Gasteiger partial charge in [-0.2, -0.15) is 5.26 Å². The molecule has 0 saturated carbocycles. The second-order valence-corrected chi connectivity index (χ2v) is 3.46. The monoisotopic (exact) mass is 199 g/mol. The maximum atomic E-state index is 8.64. The van der Waals surface area contributed by atoms with Gasteiger partial charge in [0, 0.05) is 13.1 Å². The number of ether oxygens (including phenoxy) is 1. The van der Waals surface area contributed by atoms with E-state index >= 15 is 0 Å². The third kappa shape index (κ3) is 7.99. The molecule has 1 atom stereocenters. The van der Waals surface area contributed by atoms with Crippen LogP contribution in [0, 0.1) is 11.3 Å². The van der Waals surface area contributed by atoms with E-state index in [9.17, 15) is 0 Å². The van der Waals surface area contributed by atoms with Crippen LogP contribution in [0.4, 0.5) is 0 Å². The topological polar surface area (TPSA) is 48.3 Å². The zero-order chi connectivity index (χ0) is 10.8. The Labute approximate surface area is 86.8 Å². The number of hydrogen-bond acceptors (Lipinski definition) is 4. The lowest BCUT2D eigenvalue weighted by Gasteiger charge is -2.11. The number of nitriles is 1. The third-order valence-electron chi connectivity index (χ3n) is 1.88. The maximum absolute atomic E-state index is 8.64.